The van der Waals surface area contributed by atoms with Gasteiger partial charge in [0.05, 0.1) is 22.8 Å². The summed E-state index contributed by atoms with van der Waals surface area (Å²) < 4.78 is 34.0. The number of para-hydroxylation sites is 2. The number of halogens is 1. The number of benzene rings is 4. The standard InChI is InChI=1S/C32H28ClN3O5S/c33-25-11-13-26(14-12-25)42(39,40)36-19-17-23-20-24(10-15-27(23)36)32(38)35-21-30(41-29-9-5-4-8-28(29)35)31(37)34-18-16-22-6-2-1-3-7-22/h1-15,20,30H,16-19,21H2,(H,34,37). The Kier molecular flexibility index (Phi) is 7.62. The third kappa shape index (κ3) is 5.45. The first kappa shape index (κ1) is 27.8. The van der Waals surface area contributed by atoms with Gasteiger partial charge in [-0.3, -0.25) is 13.9 Å². The van der Waals surface area contributed by atoms with E-state index in [1.165, 1.54) is 16.4 Å². The third-order valence-electron chi connectivity index (χ3n) is 7.45. The van der Waals surface area contributed by atoms with E-state index in [2.05, 4.69) is 5.32 Å². The first-order valence-corrected chi connectivity index (χ1v) is 15.4. The van der Waals surface area contributed by atoms with Crippen molar-refractivity contribution in [1.82, 2.24) is 5.32 Å². The van der Waals surface area contributed by atoms with Gasteiger partial charge in [-0.2, -0.15) is 0 Å². The lowest BCUT2D eigenvalue weighted by Crippen LogP contribution is -2.51. The summed E-state index contributed by atoms with van der Waals surface area (Å²) in [6.45, 7) is 0.753. The lowest BCUT2D eigenvalue weighted by molar-refractivity contribution is -0.127. The molecule has 42 heavy (non-hydrogen) atoms. The summed E-state index contributed by atoms with van der Waals surface area (Å²) in [6.07, 6.45) is 0.266. The van der Waals surface area contributed by atoms with E-state index < -0.39 is 16.1 Å². The van der Waals surface area contributed by atoms with Crippen LogP contribution in [-0.4, -0.2) is 46.0 Å². The number of carbonyl (C=O) groups is 2. The second-order valence-corrected chi connectivity index (χ2v) is 12.4. The zero-order valence-corrected chi connectivity index (χ0v) is 24.1. The molecule has 4 aromatic carbocycles. The van der Waals surface area contributed by atoms with E-state index in [0.29, 0.717) is 47.1 Å². The lowest BCUT2D eigenvalue weighted by Gasteiger charge is -2.34. The average molecular weight is 602 g/mol. The van der Waals surface area contributed by atoms with Crippen LogP contribution >= 0.6 is 11.6 Å². The molecule has 0 saturated carbocycles. The van der Waals surface area contributed by atoms with E-state index in [9.17, 15) is 18.0 Å². The molecule has 10 heteroatoms. The van der Waals surface area contributed by atoms with E-state index in [-0.39, 0.29) is 29.8 Å². The van der Waals surface area contributed by atoms with Crippen LogP contribution in [0.1, 0.15) is 21.5 Å². The molecule has 2 amide bonds. The number of fused-ring (bicyclic) bond motifs is 2. The molecule has 0 aromatic heterocycles. The van der Waals surface area contributed by atoms with Crippen LogP contribution in [0.5, 0.6) is 5.75 Å². The molecule has 0 radical (unpaired) electrons. The van der Waals surface area contributed by atoms with Crippen molar-refractivity contribution in [3.63, 3.8) is 0 Å². The molecule has 1 atom stereocenters. The molecule has 2 aliphatic rings. The number of hydrogen-bond donors (Lipinski definition) is 1. The quantitative estimate of drug-likeness (QED) is 0.326. The second kappa shape index (κ2) is 11.5. The smallest absolute Gasteiger partial charge is 0.264 e. The fourth-order valence-corrected chi connectivity index (χ4v) is 6.92. The van der Waals surface area contributed by atoms with Gasteiger partial charge in [0, 0.05) is 23.7 Å². The number of carbonyl (C=O) groups excluding carboxylic acids is 2. The van der Waals surface area contributed by atoms with Gasteiger partial charge in [-0.25, -0.2) is 8.42 Å². The molecule has 8 nitrogen and oxygen atoms in total. The van der Waals surface area contributed by atoms with Crippen LogP contribution in [-0.2, 0) is 27.7 Å². The van der Waals surface area contributed by atoms with Crippen molar-refractivity contribution >= 4 is 44.8 Å². The molecule has 1 N–H and O–H groups in total. The molecule has 1 unspecified atom stereocenters. The van der Waals surface area contributed by atoms with Crippen LogP contribution in [0.4, 0.5) is 11.4 Å². The van der Waals surface area contributed by atoms with Crippen LogP contribution < -0.4 is 19.3 Å². The predicted molar refractivity (Wildman–Crippen MR) is 162 cm³/mol. The van der Waals surface area contributed by atoms with Crippen molar-refractivity contribution in [3.8, 4) is 5.75 Å². The molecule has 4 aromatic rings. The van der Waals surface area contributed by atoms with Crippen LogP contribution in [0.15, 0.2) is 102 Å². The largest absolute Gasteiger partial charge is 0.477 e. The Bertz CT molecular complexity index is 1750. The zero-order chi connectivity index (χ0) is 29.3. The van der Waals surface area contributed by atoms with Gasteiger partial charge in [-0.1, -0.05) is 54.1 Å². The molecule has 6 rings (SSSR count). The van der Waals surface area contributed by atoms with E-state index in [1.54, 1.807) is 53.4 Å². The Morgan fingerprint density at radius 3 is 2.43 bits per heavy atom. The lowest BCUT2D eigenvalue weighted by atomic mass is 10.1. The predicted octanol–water partition coefficient (Wildman–Crippen LogP) is 4.86. The fourth-order valence-electron chi connectivity index (χ4n) is 5.30. The molecule has 0 spiro atoms. The Morgan fingerprint density at radius 1 is 0.905 bits per heavy atom. The topological polar surface area (TPSA) is 96.0 Å². The molecular weight excluding hydrogens is 574 g/mol. The van der Waals surface area contributed by atoms with Gasteiger partial charge in [0.15, 0.2) is 6.10 Å². The summed E-state index contributed by atoms with van der Waals surface area (Å²) in [4.78, 5) is 28.6. The number of rotatable bonds is 7. The molecule has 214 valence electrons. The second-order valence-electron chi connectivity index (χ2n) is 10.1. The number of ether oxygens (including phenoxy) is 1. The van der Waals surface area contributed by atoms with Crippen molar-refractivity contribution in [1.29, 1.82) is 0 Å². The van der Waals surface area contributed by atoms with Crippen molar-refractivity contribution in [2.45, 2.75) is 23.8 Å². The van der Waals surface area contributed by atoms with E-state index >= 15 is 0 Å². The highest BCUT2D eigenvalue weighted by molar-refractivity contribution is 7.92. The maximum Gasteiger partial charge on any atom is 0.264 e. The number of nitrogens with one attached hydrogen (secondary N) is 1. The molecule has 0 aliphatic carbocycles. The maximum absolute atomic E-state index is 13.9. The first-order chi connectivity index (χ1) is 20.3. The number of hydrogen-bond acceptors (Lipinski definition) is 5. The number of amides is 2. The van der Waals surface area contributed by atoms with Crippen molar-refractivity contribution in [2.24, 2.45) is 0 Å². The number of anilines is 2. The summed E-state index contributed by atoms with van der Waals surface area (Å²) >= 11 is 5.94. The summed E-state index contributed by atoms with van der Waals surface area (Å²) in [6, 6.07) is 28.1. The Morgan fingerprint density at radius 2 is 1.64 bits per heavy atom. The van der Waals surface area contributed by atoms with Crippen molar-refractivity contribution < 1.29 is 22.7 Å². The van der Waals surface area contributed by atoms with Gasteiger partial charge in [-0.05, 0) is 78.6 Å². The summed E-state index contributed by atoms with van der Waals surface area (Å²) in [7, 11) is -3.79. The Hall–Kier alpha value is -4.34. The highest BCUT2D eigenvalue weighted by Crippen LogP contribution is 2.37. The fraction of sp³-hybridized carbons (Fsp3) is 0.188. The van der Waals surface area contributed by atoms with Gasteiger partial charge in [0.2, 0.25) is 0 Å². The van der Waals surface area contributed by atoms with E-state index in [1.807, 2.05) is 36.4 Å². The van der Waals surface area contributed by atoms with E-state index in [0.717, 1.165) is 11.1 Å². The highest BCUT2D eigenvalue weighted by Gasteiger charge is 2.36. The molecule has 2 aliphatic heterocycles. The van der Waals surface area contributed by atoms with Crippen LogP contribution in [0.25, 0.3) is 0 Å². The average Bonchev–Trinajstić information content (AvgIpc) is 3.45. The molecule has 0 bridgehead atoms. The van der Waals surface area contributed by atoms with Crippen LogP contribution in [0, 0.1) is 0 Å². The van der Waals surface area contributed by atoms with Gasteiger partial charge in [-0.15, -0.1) is 0 Å². The molecule has 0 fully saturated rings. The van der Waals surface area contributed by atoms with Crippen molar-refractivity contribution in [2.75, 3.05) is 28.8 Å². The van der Waals surface area contributed by atoms with E-state index in [4.69, 9.17) is 16.3 Å². The van der Waals surface area contributed by atoms with Gasteiger partial charge >= 0.3 is 0 Å². The third-order valence-corrected chi connectivity index (χ3v) is 9.53. The SMILES string of the molecule is O=C(NCCc1ccccc1)C1CN(C(=O)c2ccc3c(c2)CCN3S(=O)(=O)c2ccc(Cl)cc2)c2ccccc2O1. The highest BCUT2D eigenvalue weighted by atomic mass is 35.5. The normalized spacial score (nSPS) is 15.9. The minimum atomic E-state index is -3.79. The van der Waals surface area contributed by atoms with Crippen LogP contribution in [0.3, 0.4) is 0 Å². The Balaban J connectivity index is 1.20. The zero-order valence-electron chi connectivity index (χ0n) is 22.6. The van der Waals surface area contributed by atoms with Gasteiger partial charge < -0.3 is 15.0 Å². The van der Waals surface area contributed by atoms with Gasteiger partial charge in [0.25, 0.3) is 21.8 Å². The van der Waals surface area contributed by atoms with Gasteiger partial charge in [0.1, 0.15) is 5.75 Å². The molecule has 2 heterocycles. The monoisotopic (exact) mass is 601 g/mol. The van der Waals surface area contributed by atoms with Crippen molar-refractivity contribution in [3.05, 3.63) is 119 Å². The Labute approximate surface area is 249 Å². The number of sulfonamides is 1. The first-order valence-electron chi connectivity index (χ1n) is 13.6. The maximum atomic E-state index is 13.9. The summed E-state index contributed by atoms with van der Waals surface area (Å²) in [5, 5.41) is 3.38. The molecular formula is C32H28ClN3O5S. The minimum Gasteiger partial charge on any atom is -0.477 e. The van der Waals surface area contributed by atoms with Crippen LogP contribution in [0.2, 0.25) is 5.02 Å². The summed E-state index contributed by atoms with van der Waals surface area (Å²) in [5.41, 5.74) is 3.39. The molecule has 0 saturated heterocycles. The summed E-state index contributed by atoms with van der Waals surface area (Å²) in [5.74, 6) is -0.147. The minimum absolute atomic E-state index is 0.0428. The number of nitrogens with zero attached hydrogens (tertiary/aromatic N) is 2.